The van der Waals surface area contributed by atoms with Crippen LogP contribution in [0.5, 0.6) is 0 Å². The standard InChI is InChI=1S/C7H14N2O5/c10-5(1-8-3-6(11)12)2-9-4-7(13)14/h5,8-10H,1-4H2,(H,11,12)(H,13,14). The van der Waals surface area contributed by atoms with Crippen molar-refractivity contribution in [2.75, 3.05) is 26.2 Å². The number of nitrogens with one attached hydrogen (secondary N) is 2. The number of carboxylic acid groups (broad SMARTS) is 2. The van der Waals surface area contributed by atoms with Crippen molar-refractivity contribution in [1.82, 2.24) is 10.6 Å². The fraction of sp³-hybridized carbons (Fsp3) is 0.714. The first-order chi connectivity index (χ1) is 6.52. The van der Waals surface area contributed by atoms with E-state index in [2.05, 4.69) is 10.6 Å². The third-order valence-electron chi connectivity index (χ3n) is 1.31. The SMILES string of the molecule is O=C(O)CNCC(O)CNCC(=O)O. The highest BCUT2D eigenvalue weighted by Gasteiger charge is 2.05. The molecule has 0 saturated carbocycles. The van der Waals surface area contributed by atoms with E-state index in [0.717, 1.165) is 0 Å². The Morgan fingerprint density at radius 3 is 1.64 bits per heavy atom. The van der Waals surface area contributed by atoms with Crippen molar-refractivity contribution in [3.8, 4) is 0 Å². The summed E-state index contributed by atoms with van der Waals surface area (Å²) in [4.78, 5) is 20.1. The molecule has 0 rings (SSSR count). The Bertz CT molecular complexity index is 177. The molecule has 0 bridgehead atoms. The van der Waals surface area contributed by atoms with Crippen molar-refractivity contribution in [1.29, 1.82) is 0 Å². The number of aliphatic hydroxyl groups excluding tert-OH is 1. The molecule has 0 aliphatic heterocycles. The third-order valence-corrected chi connectivity index (χ3v) is 1.31. The minimum absolute atomic E-state index is 0.110. The van der Waals surface area contributed by atoms with Gasteiger partial charge in [0, 0.05) is 13.1 Å². The van der Waals surface area contributed by atoms with Gasteiger partial charge in [0.15, 0.2) is 0 Å². The number of rotatable bonds is 8. The first kappa shape index (κ1) is 12.8. The molecule has 0 aromatic carbocycles. The second-order valence-corrected chi connectivity index (χ2v) is 2.70. The molecule has 7 nitrogen and oxygen atoms in total. The molecule has 5 N–H and O–H groups in total. The zero-order valence-corrected chi connectivity index (χ0v) is 7.56. The summed E-state index contributed by atoms with van der Waals surface area (Å²) < 4.78 is 0. The van der Waals surface area contributed by atoms with E-state index in [-0.39, 0.29) is 26.2 Å². The number of hydrogen-bond donors (Lipinski definition) is 5. The van der Waals surface area contributed by atoms with Gasteiger partial charge in [0.2, 0.25) is 0 Å². The van der Waals surface area contributed by atoms with E-state index >= 15 is 0 Å². The van der Waals surface area contributed by atoms with Crippen LogP contribution in [0.2, 0.25) is 0 Å². The lowest BCUT2D eigenvalue weighted by atomic mass is 10.3. The van der Waals surface area contributed by atoms with Crippen LogP contribution in [0.4, 0.5) is 0 Å². The summed E-state index contributed by atoms with van der Waals surface area (Å²) in [6.07, 6.45) is -0.798. The van der Waals surface area contributed by atoms with Gasteiger partial charge in [-0.25, -0.2) is 0 Å². The Kier molecular flexibility index (Phi) is 6.63. The van der Waals surface area contributed by atoms with Gasteiger partial charge in [0.1, 0.15) is 0 Å². The molecular weight excluding hydrogens is 192 g/mol. The number of hydrogen-bond acceptors (Lipinski definition) is 5. The zero-order valence-electron chi connectivity index (χ0n) is 7.56. The molecule has 0 unspecified atom stereocenters. The maximum absolute atomic E-state index is 10.0. The molecule has 0 saturated heterocycles. The molecule has 0 radical (unpaired) electrons. The minimum Gasteiger partial charge on any atom is -0.480 e. The number of aliphatic carboxylic acids is 2. The van der Waals surface area contributed by atoms with E-state index in [9.17, 15) is 9.59 Å². The van der Waals surface area contributed by atoms with Crippen molar-refractivity contribution in [2.45, 2.75) is 6.10 Å². The van der Waals surface area contributed by atoms with Gasteiger partial charge in [0.25, 0.3) is 0 Å². The summed E-state index contributed by atoms with van der Waals surface area (Å²) in [6, 6.07) is 0. The molecule has 0 aromatic rings. The van der Waals surface area contributed by atoms with Crippen LogP contribution in [0.15, 0.2) is 0 Å². The van der Waals surface area contributed by atoms with Gasteiger partial charge in [-0.05, 0) is 0 Å². The summed E-state index contributed by atoms with van der Waals surface area (Å²) in [5.41, 5.74) is 0. The quantitative estimate of drug-likeness (QED) is 0.303. The highest BCUT2D eigenvalue weighted by atomic mass is 16.4. The topological polar surface area (TPSA) is 119 Å². The summed E-state index contributed by atoms with van der Waals surface area (Å²) in [7, 11) is 0. The van der Waals surface area contributed by atoms with Crippen LogP contribution in [0.1, 0.15) is 0 Å². The van der Waals surface area contributed by atoms with Crippen molar-refractivity contribution in [2.24, 2.45) is 0 Å². The lowest BCUT2D eigenvalue weighted by Crippen LogP contribution is -2.38. The highest BCUT2D eigenvalue weighted by Crippen LogP contribution is 1.77. The first-order valence-electron chi connectivity index (χ1n) is 4.05. The van der Waals surface area contributed by atoms with Gasteiger partial charge in [0.05, 0.1) is 19.2 Å². The molecule has 0 heterocycles. The van der Waals surface area contributed by atoms with Gasteiger partial charge in [-0.1, -0.05) is 0 Å². The molecule has 7 heteroatoms. The Labute approximate surface area is 80.7 Å². The minimum atomic E-state index is -1.00. The van der Waals surface area contributed by atoms with Crippen LogP contribution in [0, 0.1) is 0 Å². The van der Waals surface area contributed by atoms with E-state index in [1.54, 1.807) is 0 Å². The molecule has 0 atom stereocenters. The number of aliphatic hydroxyl groups is 1. The molecule has 0 amide bonds. The fourth-order valence-corrected chi connectivity index (χ4v) is 0.764. The Hall–Kier alpha value is -1.18. The summed E-state index contributed by atoms with van der Waals surface area (Å²) in [5.74, 6) is -2.01. The normalized spacial score (nSPS) is 10.4. The van der Waals surface area contributed by atoms with Crippen molar-refractivity contribution in [3.05, 3.63) is 0 Å². The lowest BCUT2D eigenvalue weighted by Gasteiger charge is -2.10. The number of carboxylic acids is 2. The Morgan fingerprint density at radius 2 is 1.36 bits per heavy atom. The molecule has 0 aromatic heterocycles. The van der Waals surface area contributed by atoms with E-state index in [1.807, 2.05) is 0 Å². The fourth-order valence-electron chi connectivity index (χ4n) is 0.764. The van der Waals surface area contributed by atoms with Crippen LogP contribution >= 0.6 is 0 Å². The molecule has 14 heavy (non-hydrogen) atoms. The molecule has 0 aliphatic rings. The van der Waals surface area contributed by atoms with Gasteiger partial charge >= 0.3 is 11.9 Å². The maximum atomic E-state index is 10.0. The van der Waals surface area contributed by atoms with E-state index < -0.39 is 18.0 Å². The average molecular weight is 206 g/mol. The Morgan fingerprint density at radius 1 is 1.00 bits per heavy atom. The largest absolute Gasteiger partial charge is 0.480 e. The molecule has 0 fully saturated rings. The zero-order chi connectivity index (χ0) is 11.0. The van der Waals surface area contributed by atoms with Crippen LogP contribution in [0.3, 0.4) is 0 Å². The highest BCUT2D eigenvalue weighted by molar-refractivity contribution is 5.69. The van der Waals surface area contributed by atoms with E-state index in [0.29, 0.717) is 0 Å². The maximum Gasteiger partial charge on any atom is 0.317 e. The van der Waals surface area contributed by atoms with Gasteiger partial charge < -0.3 is 26.0 Å². The smallest absolute Gasteiger partial charge is 0.317 e. The molecule has 0 aliphatic carbocycles. The van der Waals surface area contributed by atoms with Crippen molar-refractivity contribution in [3.63, 3.8) is 0 Å². The summed E-state index contributed by atoms with van der Waals surface area (Å²) in [5, 5.41) is 30.6. The van der Waals surface area contributed by atoms with Crippen molar-refractivity contribution >= 4 is 11.9 Å². The summed E-state index contributed by atoms with van der Waals surface area (Å²) >= 11 is 0. The third kappa shape index (κ3) is 8.91. The predicted molar refractivity (Wildman–Crippen MR) is 47.0 cm³/mol. The Balaban J connectivity index is 3.32. The van der Waals surface area contributed by atoms with Gasteiger partial charge in [-0.3, -0.25) is 9.59 Å². The average Bonchev–Trinajstić information content (AvgIpc) is 2.02. The van der Waals surface area contributed by atoms with Gasteiger partial charge in [-0.15, -0.1) is 0 Å². The van der Waals surface area contributed by atoms with Crippen LogP contribution in [-0.4, -0.2) is 59.5 Å². The van der Waals surface area contributed by atoms with E-state index in [1.165, 1.54) is 0 Å². The van der Waals surface area contributed by atoms with Crippen LogP contribution in [0.25, 0.3) is 0 Å². The molecule has 82 valence electrons. The molecule has 0 spiro atoms. The summed E-state index contributed by atoms with van der Waals surface area (Å²) in [6.45, 7) is -0.232. The van der Waals surface area contributed by atoms with Crippen molar-refractivity contribution < 1.29 is 24.9 Å². The number of carbonyl (C=O) groups is 2. The second kappa shape index (κ2) is 7.25. The van der Waals surface area contributed by atoms with E-state index in [4.69, 9.17) is 15.3 Å². The first-order valence-corrected chi connectivity index (χ1v) is 4.05. The van der Waals surface area contributed by atoms with Crippen LogP contribution in [-0.2, 0) is 9.59 Å². The monoisotopic (exact) mass is 206 g/mol. The van der Waals surface area contributed by atoms with Gasteiger partial charge in [-0.2, -0.15) is 0 Å². The predicted octanol–water partition coefficient (Wildman–Crippen LogP) is -2.30. The second-order valence-electron chi connectivity index (χ2n) is 2.70. The lowest BCUT2D eigenvalue weighted by molar-refractivity contribution is -0.136. The van der Waals surface area contributed by atoms with Crippen LogP contribution < -0.4 is 10.6 Å². The molecular formula is C7H14N2O5.